The van der Waals surface area contributed by atoms with Crippen molar-refractivity contribution in [2.45, 2.75) is 6.61 Å². The molecule has 4 nitrogen and oxygen atoms in total. The number of hydrogen-bond acceptors (Lipinski definition) is 4. The summed E-state index contributed by atoms with van der Waals surface area (Å²) < 4.78 is 21.9. The maximum absolute atomic E-state index is 13.9. The van der Waals surface area contributed by atoms with E-state index in [9.17, 15) is 9.18 Å². The number of para-hydroxylation sites is 2. The van der Waals surface area contributed by atoms with Crippen LogP contribution in [0, 0.1) is 5.82 Å². The number of aromatic nitrogens is 2. The molecule has 0 saturated carbocycles. The number of nitrogens with zero attached hydrogens (tertiary/aromatic N) is 2. The van der Waals surface area contributed by atoms with Crippen LogP contribution in [0.4, 0.5) is 4.39 Å². The van der Waals surface area contributed by atoms with Crippen molar-refractivity contribution in [3.63, 3.8) is 0 Å². The van der Waals surface area contributed by atoms with Crippen LogP contribution in [0.25, 0.3) is 22.1 Å². The fraction of sp³-hybridized carbons (Fsp3) is 0.0435. The van der Waals surface area contributed by atoms with Gasteiger partial charge >= 0.3 is 0 Å². The first-order valence-corrected chi connectivity index (χ1v) is 10.4. The zero-order valence-electron chi connectivity index (χ0n) is 15.5. The summed E-state index contributed by atoms with van der Waals surface area (Å²) in [5.41, 5.74) is 2.61. The Morgan fingerprint density at radius 2 is 1.93 bits per heavy atom. The fourth-order valence-electron chi connectivity index (χ4n) is 3.28. The summed E-state index contributed by atoms with van der Waals surface area (Å²) in [5.74, 6) is 0.151. The zero-order valence-corrected chi connectivity index (χ0v) is 17.1. The fourth-order valence-corrected chi connectivity index (χ4v) is 4.49. The Morgan fingerprint density at radius 1 is 1.10 bits per heavy atom. The molecule has 30 heavy (non-hydrogen) atoms. The van der Waals surface area contributed by atoms with Gasteiger partial charge in [-0.1, -0.05) is 53.3 Å². The highest BCUT2D eigenvalue weighted by molar-refractivity contribution is 7.15. The summed E-state index contributed by atoms with van der Waals surface area (Å²) in [5, 5.41) is 0.322. The van der Waals surface area contributed by atoms with Crippen LogP contribution >= 0.6 is 22.9 Å². The lowest BCUT2D eigenvalue weighted by Crippen LogP contribution is -2.22. The molecule has 0 spiro atoms. The molecule has 0 saturated heterocycles. The number of rotatable bonds is 4. The maximum Gasteiger partial charge on any atom is 0.274 e. The van der Waals surface area contributed by atoms with Gasteiger partial charge in [-0.3, -0.25) is 4.79 Å². The van der Waals surface area contributed by atoms with Gasteiger partial charge in [0.1, 0.15) is 18.2 Å². The largest absolute Gasteiger partial charge is 0.489 e. The number of benzene rings is 3. The predicted molar refractivity (Wildman–Crippen MR) is 118 cm³/mol. The number of imidazole rings is 1. The van der Waals surface area contributed by atoms with Crippen LogP contribution in [-0.2, 0) is 6.61 Å². The van der Waals surface area contributed by atoms with Gasteiger partial charge in [0.2, 0.25) is 0 Å². The summed E-state index contributed by atoms with van der Waals surface area (Å²) in [6, 6.07) is 19.4. The van der Waals surface area contributed by atoms with Crippen LogP contribution in [0.1, 0.15) is 11.1 Å². The molecule has 0 aliphatic heterocycles. The Balaban J connectivity index is 1.48. The first kappa shape index (κ1) is 18.8. The Morgan fingerprint density at radius 3 is 2.80 bits per heavy atom. The Hall–Kier alpha value is -3.22. The summed E-state index contributed by atoms with van der Waals surface area (Å²) in [4.78, 5) is 18.1. The number of fused-ring (bicyclic) bond motifs is 3. The van der Waals surface area contributed by atoms with Gasteiger partial charge < -0.3 is 4.74 Å². The highest BCUT2D eigenvalue weighted by Crippen LogP contribution is 2.22. The molecular weight excluding hydrogens is 423 g/mol. The third kappa shape index (κ3) is 3.34. The quantitative estimate of drug-likeness (QED) is 0.405. The van der Waals surface area contributed by atoms with Gasteiger partial charge in [-0.25, -0.2) is 13.8 Å². The molecule has 0 fully saturated rings. The van der Waals surface area contributed by atoms with E-state index in [0.717, 1.165) is 16.6 Å². The van der Waals surface area contributed by atoms with E-state index >= 15 is 0 Å². The van der Waals surface area contributed by atoms with Gasteiger partial charge in [-0.15, -0.1) is 0 Å². The standard InChI is InChI=1S/C23H14ClFN2O2S/c24-17-7-4-8-18(25)16(17)13-29-15-6-3-5-14(11-15)12-21-22(28)27-20-10-2-1-9-19(20)26-23(27)30-21/h1-12H,13H2/b21-12-. The molecule has 0 amide bonds. The molecule has 0 unspecified atom stereocenters. The van der Waals surface area contributed by atoms with Crippen LogP contribution < -0.4 is 14.8 Å². The molecule has 0 atom stereocenters. The molecule has 0 radical (unpaired) electrons. The molecule has 148 valence electrons. The predicted octanol–water partition coefficient (Wildman–Crippen LogP) is 4.83. The normalized spacial score (nSPS) is 12.1. The van der Waals surface area contributed by atoms with E-state index < -0.39 is 5.82 Å². The van der Waals surface area contributed by atoms with Crippen molar-refractivity contribution >= 4 is 45.0 Å². The van der Waals surface area contributed by atoms with Crippen molar-refractivity contribution in [2.24, 2.45) is 0 Å². The summed E-state index contributed by atoms with van der Waals surface area (Å²) in [6.07, 6.45) is 1.80. The second kappa shape index (κ2) is 7.55. The van der Waals surface area contributed by atoms with Crippen molar-refractivity contribution < 1.29 is 9.13 Å². The first-order chi connectivity index (χ1) is 14.6. The lowest BCUT2D eigenvalue weighted by Gasteiger charge is -2.09. The second-order valence-electron chi connectivity index (χ2n) is 6.70. The minimum atomic E-state index is -0.407. The van der Waals surface area contributed by atoms with Crippen LogP contribution in [0.15, 0.2) is 71.5 Å². The summed E-state index contributed by atoms with van der Waals surface area (Å²) in [7, 11) is 0. The molecule has 5 rings (SSSR count). The molecule has 0 bridgehead atoms. The molecular formula is C23H14ClFN2O2S. The van der Waals surface area contributed by atoms with Crippen molar-refractivity contribution in [1.29, 1.82) is 0 Å². The molecule has 2 aromatic heterocycles. The van der Waals surface area contributed by atoms with Crippen LogP contribution in [0.5, 0.6) is 5.75 Å². The highest BCUT2D eigenvalue weighted by Gasteiger charge is 2.11. The van der Waals surface area contributed by atoms with E-state index in [1.807, 2.05) is 36.4 Å². The first-order valence-electron chi connectivity index (χ1n) is 9.17. The van der Waals surface area contributed by atoms with E-state index in [0.29, 0.717) is 25.8 Å². The minimum absolute atomic E-state index is 0.0145. The third-order valence-electron chi connectivity index (χ3n) is 4.75. The highest BCUT2D eigenvalue weighted by atomic mass is 35.5. The van der Waals surface area contributed by atoms with E-state index in [1.165, 1.54) is 17.4 Å². The average molecular weight is 437 g/mol. The monoisotopic (exact) mass is 436 g/mol. The van der Waals surface area contributed by atoms with E-state index in [4.69, 9.17) is 16.3 Å². The number of hydrogen-bond donors (Lipinski definition) is 0. The van der Waals surface area contributed by atoms with Gasteiger partial charge in [0, 0.05) is 5.56 Å². The smallest absolute Gasteiger partial charge is 0.274 e. The SMILES string of the molecule is O=c1/c(=C/c2cccc(OCc3c(F)cccc3Cl)c2)sc2nc3ccccc3n12. The molecule has 0 N–H and O–H groups in total. The topological polar surface area (TPSA) is 43.6 Å². The summed E-state index contributed by atoms with van der Waals surface area (Å²) in [6.45, 7) is 0.0145. The zero-order chi connectivity index (χ0) is 20.7. The van der Waals surface area contributed by atoms with E-state index in [2.05, 4.69) is 4.98 Å². The van der Waals surface area contributed by atoms with E-state index in [-0.39, 0.29) is 12.2 Å². The minimum Gasteiger partial charge on any atom is -0.489 e. The number of thiazole rings is 1. The average Bonchev–Trinajstić information content (AvgIpc) is 3.24. The summed E-state index contributed by atoms with van der Waals surface area (Å²) >= 11 is 7.39. The third-order valence-corrected chi connectivity index (χ3v) is 6.07. The lowest BCUT2D eigenvalue weighted by atomic mass is 10.2. The van der Waals surface area contributed by atoms with Gasteiger partial charge in [-0.2, -0.15) is 0 Å². The molecule has 5 aromatic rings. The van der Waals surface area contributed by atoms with Crippen LogP contribution in [0.2, 0.25) is 5.02 Å². The number of ether oxygens (including phenoxy) is 1. The van der Waals surface area contributed by atoms with Crippen molar-refractivity contribution in [3.05, 3.63) is 104 Å². The van der Waals surface area contributed by atoms with Gasteiger partial charge in [0.25, 0.3) is 5.56 Å². The van der Waals surface area contributed by atoms with Crippen LogP contribution in [0.3, 0.4) is 0 Å². The lowest BCUT2D eigenvalue weighted by molar-refractivity contribution is 0.300. The van der Waals surface area contributed by atoms with Crippen LogP contribution in [-0.4, -0.2) is 9.38 Å². The molecule has 3 aromatic carbocycles. The van der Waals surface area contributed by atoms with E-state index in [1.54, 1.807) is 34.7 Å². The Labute approximate surface area is 179 Å². The van der Waals surface area contributed by atoms with Crippen molar-refractivity contribution in [3.8, 4) is 5.75 Å². The maximum atomic E-state index is 13.9. The Kier molecular flexibility index (Phi) is 4.73. The molecule has 7 heteroatoms. The molecule has 0 aliphatic rings. The number of halogens is 2. The van der Waals surface area contributed by atoms with Gasteiger partial charge in [0.15, 0.2) is 4.96 Å². The van der Waals surface area contributed by atoms with Gasteiger partial charge in [0.05, 0.1) is 20.6 Å². The molecule has 2 heterocycles. The van der Waals surface area contributed by atoms with Crippen molar-refractivity contribution in [2.75, 3.05) is 0 Å². The molecule has 0 aliphatic carbocycles. The van der Waals surface area contributed by atoms with Crippen molar-refractivity contribution in [1.82, 2.24) is 9.38 Å². The second-order valence-corrected chi connectivity index (χ2v) is 8.11. The van der Waals surface area contributed by atoms with Gasteiger partial charge in [-0.05, 0) is 48.0 Å². The Bertz CT molecular complexity index is 1490.